The molecule has 0 N–H and O–H groups in total. The molecule has 7 heteroatoms. The molecule has 2 amide bonds. The van der Waals surface area contributed by atoms with Gasteiger partial charge < -0.3 is 4.74 Å². The van der Waals surface area contributed by atoms with Crippen LogP contribution >= 0.6 is 0 Å². The van der Waals surface area contributed by atoms with Gasteiger partial charge in [-0.3, -0.25) is 4.90 Å². The van der Waals surface area contributed by atoms with Gasteiger partial charge >= 0.3 is 6.03 Å². The standard InChI is InChI=1S/C19H22N2O4S/c1-19(2,3)13-6-8-14(9-7-13)21-18(22)20(4)16-12-15(25-5)10-11-17(16)26(21,23)24/h6-12H,1-5H3. The number of nitrogens with zero attached hydrogens (tertiary/aromatic N) is 2. The van der Waals surface area contributed by atoms with E-state index < -0.39 is 16.1 Å². The minimum atomic E-state index is -4.00. The topological polar surface area (TPSA) is 66.9 Å². The molecule has 0 saturated heterocycles. The van der Waals surface area contributed by atoms with Crippen LogP contribution in [0.5, 0.6) is 5.75 Å². The number of urea groups is 1. The summed E-state index contributed by atoms with van der Waals surface area (Å²) in [6.07, 6.45) is 0. The van der Waals surface area contributed by atoms with Crippen LogP contribution in [-0.2, 0) is 15.4 Å². The fraction of sp³-hybridized carbons (Fsp3) is 0.316. The highest BCUT2D eigenvalue weighted by atomic mass is 32.2. The van der Waals surface area contributed by atoms with Crippen molar-refractivity contribution in [2.24, 2.45) is 0 Å². The fourth-order valence-corrected chi connectivity index (χ4v) is 4.52. The lowest BCUT2D eigenvalue weighted by molar-refractivity contribution is 0.255. The summed E-state index contributed by atoms with van der Waals surface area (Å²) in [7, 11) is -0.967. The van der Waals surface area contributed by atoms with Crippen molar-refractivity contribution in [2.75, 3.05) is 23.4 Å². The molecule has 26 heavy (non-hydrogen) atoms. The van der Waals surface area contributed by atoms with Gasteiger partial charge in [-0.25, -0.2) is 13.2 Å². The average Bonchev–Trinajstić information content (AvgIpc) is 2.59. The Morgan fingerprint density at radius 1 is 1.00 bits per heavy atom. The quantitative estimate of drug-likeness (QED) is 0.803. The van der Waals surface area contributed by atoms with Gasteiger partial charge in [-0.05, 0) is 35.2 Å². The van der Waals surface area contributed by atoms with E-state index in [9.17, 15) is 13.2 Å². The monoisotopic (exact) mass is 374 g/mol. The Kier molecular flexibility index (Phi) is 4.23. The zero-order valence-electron chi connectivity index (χ0n) is 15.5. The van der Waals surface area contributed by atoms with Gasteiger partial charge in [0.2, 0.25) is 0 Å². The van der Waals surface area contributed by atoms with E-state index in [1.165, 1.54) is 18.1 Å². The Labute approximate surface area is 154 Å². The first-order valence-electron chi connectivity index (χ1n) is 8.19. The molecule has 0 aliphatic carbocycles. The maximum absolute atomic E-state index is 13.1. The fourth-order valence-electron chi connectivity index (χ4n) is 2.89. The number of carbonyl (C=O) groups is 1. The van der Waals surface area contributed by atoms with E-state index in [1.807, 2.05) is 12.1 Å². The first-order valence-corrected chi connectivity index (χ1v) is 9.63. The van der Waals surface area contributed by atoms with Crippen LogP contribution in [0.15, 0.2) is 47.4 Å². The minimum Gasteiger partial charge on any atom is -0.497 e. The van der Waals surface area contributed by atoms with Gasteiger partial charge in [0.05, 0.1) is 18.5 Å². The van der Waals surface area contributed by atoms with E-state index >= 15 is 0 Å². The van der Waals surface area contributed by atoms with E-state index in [2.05, 4.69) is 20.8 Å². The number of amides is 2. The molecule has 1 heterocycles. The van der Waals surface area contributed by atoms with Crippen molar-refractivity contribution in [1.82, 2.24) is 0 Å². The highest BCUT2D eigenvalue weighted by Crippen LogP contribution is 2.38. The Morgan fingerprint density at radius 3 is 2.15 bits per heavy atom. The largest absolute Gasteiger partial charge is 0.497 e. The van der Waals surface area contributed by atoms with E-state index in [-0.39, 0.29) is 10.3 Å². The van der Waals surface area contributed by atoms with Crippen molar-refractivity contribution in [3.8, 4) is 5.75 Å². The normalized spacial score (nSPS) is 16.4. The molecule has 1 aliphatic rings. The summed E-state index contributed by atoms with van der Waals surface area (Å²) in [6.45, 7) is 6.21. The van der Waals surface area contributed by atoms with Gasteiger partial charge in [-0.2, -0.15) is 4.31 Å². The molecule has 2 aromatic rings. The molecule has 0 unspecified atom stereocenters. The molecule has 0 atom stereocenters. The number of fused-ring (bicyclic) bond motifs is 1. The molecule has 0 spiro atoms. The summed E-state index contributed by atoms with van der Waals surface area (Å²) in [6, 6.07) is 11.0. The maximum atomic E-state index is 13.1. The SMILES string of the molecule is COc1ccc2c(c1)N(C)C(=O)N(c1ccc(C(C)(C)C)cc1)S2(=O)=O. The predicted octanol–water partition coefficient (Wildman–Crippen LogP) is 3.76. The van der Waals surface area contributed by atoms with E-state index in [0.29, 0.717) is 17.1 Å². The second-order valence-electron chi connectivity index (χ2n) is 7.24. The maximum Gasteiger partial charge on any atom is 0.342 e. The Balaban J connectivity index is 2.13. The van der Waals surface area contributed by atoms with Crippen molar-refractivity contribution in [3.05, 3.63) is 48.0 Å². The molecule has 0 saturated carbocycles. The zero-order chi connectivity index (χ0) is 19.3. The molecule has 138 valence electrons. The van der Waals surface area contributed by atoms with E-state index in [1.54, 1.807) is 31.3 Å². The van der Waals surface area contributed by atoms with Crippen molar-refractivity contribution < 1.29 is 17.9 Å². The van der Waals surface area contributed by atoms with Crippen LogP contribution < -0.4 is 13.9 Å². The Morgan fingerprint density at radius 2 is 1.62 bits per heavy atom. The summed E-state index contributed by atoms with van der Waals surface area (Å²) in [5, 5.41) is 0. The number of ether oxygens (including phenoxy) is 1. The van der Waals surface area contributed by atoms with Gasteiger partial charge in [0.15, 0.2) is 0 Å². The number of carbonyl (C=O) groups excluding carboxylic acids is 1. The van der Waals surface area contributed by atoms with E-state index in [4.69, 9.17) is 4.74 Å². The summed E-state index contributed by atoms with van der Waals surface area (Å²) in [5.74, 6) is 0.488. The van der Waals surface area contributed by atoms with Crippen LogP contribution in [0, 0.1) is 0 Å². The third-order valence-corrected chi connectivity index (χ3v) is 6.22. The lowest BCUT2D eigenvalue weighted by Gasteiger charge is -2.34. The summed E-state index contributed by atoms with van der Waals surface area (Å²) in [5.41, 5.74) is 1.61. The van der Waals surface area contributed by atoms with Crippen molar-refractivity contribution in [1.29, 1.82) is 0 Å². The first kappa shape index (κ1) is 18.3. The second kappa shape index (κ2) is 6.02. The lowest BCUT2D eigenvalue weighted by Crippen LogP contribution is -2.49. The van der Waals surface area contributed by atoms with Crippen molar-refractivity contribution in [2.45, 2.75) is 31.1 Å². The molecular formula is C19H22N2O4S. The molecule has 0 aromatic heterocycles. The molecule has 0 bridgehead atoms. The van der Waals surface area contributed by atoms with Crippen molar-refractivity contribution >= 4 is 27.4 Å². The summed E-state index contributed by atoms with van der Waals surface area (Å²) in [4.78, 5) is 14.2. The highest BCUT2D eigenvalue weighted by Gasteiger charge is 2.41. The third kappa shape index (κ3) is 2.82. The average molecular weight is 374 g/mol. The van der Waals surface area contributed by atoms with Crippen LogP contribution in [0.25, 0.3) is 0 Å². The zero-order valence-corrected chi connectivity index (χ0v) is 16.3. The molecule has 6 nitrogen and oxygen atoms in total. The Bertz CT molecular complexity index is 960. The van der Waals surface area contributed by atoms with E-state index in [0.717, 1.165) is 9.87 Å². The second-order valence-corrected chi connectivity index (χ2v) is 9.00. The number of methoxy groups -OCH3 is 1. The van der Waals surface area contributed by atoms with Crippen LogP contribution in [0.2, 0.25) is 0 Å². The number of rotatable bonds is 2. The summed E-state index contributed by atoms with van der Waals surface area (Å²) < 4.78 is 32.1. The highest BCUT2D eigenvalue weighted by molar-refractivity contribution is 7.94. The van der Waals surface area contributed by atoms with Crippen molar-refractivity contribution in [3.63, 3.8) is 0 Å². The van der Waals surface area contributed by atoms with Gasteiger partial charge in [-0.1, -0.05) is 32.9 Å². The van der Waals surface area contributed by atoms with Crippen LogP contribution in [-0.4, -0.2) is 28.6 Å². The van der Waals surface area contributed by atoms with Crippen LogP contribution in [0.4, 0.5) is 16.2 Å². The van der Waals surface area contributed by atoms with Gasteiger partial charge in [0.1, 0.15) is 10.6 Å². The number of sulfonamides is 1. The Hall–Kier alpha value is -2.54. The first-order chi connectivity index (χ1) is 12.1. The molecule has 0 radical (unpaired) electrons. The van der Waals surface area contributed by atoms with Crippen LogP contribution in [0.1, 0.15) is 26.3 Å². The number of benzene rings is 2. The van der Waals surface area contributed by atoms with Gasteiger partial charge in [-0.15, -0.1) is 0 Å². The third-order valence-electron chi connectivity index (χ3n) is 4.47. The number of anilines is 2. The van der Waals surface area contributed by atoms with Gasteiger partial charge in [0.25, 0.3) is 10.0 Å². The number of hydrogen-bond acceptors (Lipinski definition) is 4. The number of hydrogen-bond donors (Lipinski definition) is 0. The smallest absolute Gasteiger partial charge is 0.342 e. The molecular weight excluding hydrogens is 352 g/mol. The minimum absolute atomic E-state index is 0.0662. The van der Waals surface area contributed by atoms with Crippen LogP contribution in [0.3, 0.4) is 0 Å². The molecule has 2 aromatic carbocycles. The molecule has 1 aliphatic heterocycles. The summed E-state index contributed by atoms with van der Waals surface area (Å²) >= 11 is 0. The van der Waals surface area contributed by atoms with Gasteiger partial charge in [0, 0.05) is 13.1 Å². The predicted molar refractivity (Wildman–Crippen MR) is 102 cm³/mol. The molecule has 3 rings (SSSR count). The lowest BCUT2D eigenvalue weighted by atomic mass is 9.87. The molecule has 0 fully saturated rings.